The molecule has 8 nitrogen and oxygen atoms in total. The predicted octanol–water partition coefficient (Wildman–Crippen LogP) is 1.94. The monoisotopic (exact) mass is 334 g/mol. The largest absolute Gasteiger partial charge is 0.490 e. The molecule has 1 heterocycles. The van der Waals surface area contributed by atoms with Gasteiger partial charge in [0.25, 0.3) is 5.91 Å². The zero-order valence-corrected chi connectivity index (χ0v) is 13.4. The molecule has 24 heavy (non-hydrogen) atoms. The van der Waals surface area contributed by atoms with E-state index in [9.17, 15) is 9.59 Å². The van der Waals surface area contributed by atoms with Crippen LogP contribution in [-0.2, 0) is 14.3 Å². The molecule has 0 atom stereocenters. The number of carbonyl (C=O) groups is 2. The first-order valence-corrected chi connectivity index (χ1v) is 7.32. The standard InChI is InChI=1S/C16H18N2O6/c1-3-21-12-6-4-5-7-13(12)22-10-16(20)23-9-15(19)17-14-8-11(2)24-18-14/h4-8H,3,9-10H2,1-2H3,(H,17,18,19). The number of aryl methyl sites for hydroxylation is 1. The minimum atomic E-state index is -0.673. The van der Waals surface area contributed by atoms with Crippen LogP contribution in [-0.4, -0.2) is 36.9 Å². The summed E-state index contributed by atoms with van der Waals surface area (Å²) in [4.78, 5) is 23.3. The van der Waals surface area contributed by atoms with E-state index in [1.165, 1.54) is 0 Å². The Kier molecular flexibility index (Phi) is 6.18. The molecule has 8 heteroatoms. The van der Waals surface area contributed by atoms with E-state index >= 15 is 0 Å². The van der Waals surface area contributed by atoms with Crippen LogP contribution in [0.5, 0.6) is 11.5 Å². The molecule has 1 N–H and O–H groups in total. The van der Waals surface area contributed by atoms with Gasteiger partial charge in [0.05, 0.1) is 6.61 Å². The summed E-state index contributed by atoms with van der Waals surface area (Å²) in [5, 5.41) is 6.04. The minimum absolute atomic E-state index is 0.260. The number of amides is 1. The fourth-order valence-corrected chi connectivity index (χ4v) is 1.77. The molecule has 0 unspecified atom stereocenters. The third kappa shape index (κ3) is 5.31. The van der Waals surface area contributed by atoms with Crippen molar-refractivity contribution in [3.8, 4) is 11.5 Å². The number of nitrogens with zero attached hydrogens (tertiary/aromatic N) is 1. The second-order valence-electron chi connectivity index (χ2n) is 4.70. The summed E-state index contributed by atoms with van der Waals surface area (Å²) in [6, 6.07) is 8.52. The molecule has 0 saturated carbocycles. The Hall–Kier alpha value is -3.03. The van der Waals surface area contributed by atoms with Crippen LogP contribution in [0.2, 0.25) is 0 Å². The predicted molar refractivity (Wildman–Crippen MR) is 83.9 cm³/mol. The van der Waals surface area contributed by atoms with Crippen LogP contribution < -0.4 is 14.8 Å². The van der Waals surface area contributed by atoms with E-state index in [4.69, 9.17) is 18.7 Å². The van der Waals surface area contributed by atoms with Crippen molar-refractivity contribution < 1.29 is 28.3 Å². The molecule has 128 valence electrons. The highest BCUT2D eigenvalue weighted by Crippen LogP contribution is 2.26. The number of hydrogen-bond donors (Lipinski definition) is 1. The van der Waals surface area contributed by atoms with Crippen LogP contribution in [0.1, 0.15) is 12.7 Å². The highest BCUT2D eigenvalue weighted by Gasteiger charge is 2.12. The van der Waals surface area contributed by atoms with Crippen molar-refractivity contribution in [2.45, 2.75) is 13.8 Å². The fourth-order valence-electron chi connectivity index (χ4n) is 1.77. The molecule has 0 bridgehead atoms. The molecule has 0 radical (unpaired) electrons. The molecule has 0 spiro atoms. The number of ether oxygens (including phenoxy) is 3. The Balaban J connectivity index is 1.74. The third-order valence-corrected chi connectivity index (χ3v) is 2.75. The summed E-state index contributed by atoms with van der Waals surface area (Å²) >= 11 is 0. The average molecular weight is 334 g/mol. The highest BCUT2D eigenvalue weighted by molar-refractivity contribution is 5.91. The van der Waals surface area contributed by atoms with Crippen LogP contribution >= 0.6 is 0 Å². The maximum atomic E-state index is 11.6. The first kappa shape index (κ1) is 17.3. The van der Waals surface area contributed by atoms with Crippen molar-refractivity contribution in [1.29, 1.82) is 0 Å². The van der Waals surface area contributed by atoms with E-state index in [0.29, 0.717) is 23.9 Å². The van der Waals surface area contributed by atoms with E-state index in [2.05, 4.69) is 10.5 Å². The van der Waals surface area contributed by atoms with E-state index in [-0.39, 0.29) is 12.4 Å². The second kappa shape index (κ2) is 8.56. The Labute approximate surface area is 138 Å². The number of para-hydroxylation sites is 2. The number of esters is 1. The normalized spacial score (nSPS) is 10.1. The Morgan fingerprint density at radius 1 is 1.17 bits per heavy atom. The summed E-state index contributed by atoms with van der Waals surface area (Å²) in [5.74, 6) is 0.587. The van der Waals surface area contributed by atoms with Crippen molar-refractivity contribution in [2.24, 2.45) is 0 Å². The van der Waals surface area contributed by atoms with Crippen LogP contribution in [0, 0.1) is 6.92 Å². The topological polar surface area (TPSA) is 99.9 Å². The lowest BCUT2D eigenvalue weighted by atomic mass is 10.3. The SMILES string of the molecule is CCOc1ccccc1OCC(=O)OCC(=O)Nc1cc(C)on1. The van der Waals surface area contributed by atoms with Crippen molar-refractivity contribution in [2.75, 3.05) is 25.1 Å². The summed E-state index contributed by atoms with van der Waals surface area (Å²) in [6.45, 7) is 3.24. The Morgan fingerprint density at radius 3 is 2.50 bits per heavy atom. The van der Waals surface area contributed by atoms with Gasteiger partial charge in [0.15, 0.2) is 30.5 Å². The van der Waals surface area contributed by atoms with Gasteiger partial charge in [-0.1, -0.05) is 17.3 Å². The molecule has 0 saturated heterocycles. The molecule has 2 rings (SSSR count). The van der Waals surface area contributed by atoms with Gasteiger partial charge < -0.3 is 24.1 Å². The molecule has 1 amide bonds. The van der Waals surface area contributed by atoms with Crippen LogP contribution in [0.15, 0.2) is 34.9 Å². The van der Waals surface area contributed by atoms with Crippen molar-refractivity contribution in [3.05, 3.63) is 36.1 Å². The first-order valence-electron chi connectivity index (χ1n) is 7.32. The minimum Gasteiger partial charge on any atom is -0.490 e. The Morgan fingerprint density at radius 2 is 1.88 bits per heavy atom. The number of hydrogen-bond acceptors (Lipinski definition) is 7. The molecule has 0 aliphatic rings. The smallest absolute Gasteiger partial charge is 0.344 e. The van der Waals surface area contributed by atoms with Crippen molar-refractivity contribution >= 4 is 17.7 Å². The van der Waals surface area contributed by atoms with E-state index in [1.54, 1.807) is 37.3 Å². The number of anilines is 1. The van der Waals surface area contributed by atoms with Gasteiger partial charge in [-0.25, -0.2) is 4.79 Å². The molecule has 0 aliphatic heterocycles. The van der Waals surface area contributed by atoms with E-state index < -0.39 is 18.5 Å². The van der Waals surface area contributed by atoms with Gasteiger partial charge in [-0.05, 0) is 26.0 Å². The molecule has 0 aliphatic carbocycles. The summed E-state index contributed by atoms with van der Waals surface area (Å²) in [5.41, 5.74) is 0. The molecule has 1 aromatic carbocycles. The molecular weight excluding hydrogens is 316 g/mol. The van der Waals surface area contributed by atoms with Gasteiger partial charge in [-0.15, -0.1) is 0 Å². The lowest BCUT2D eigenvalue weighted by Gasteiger charge is -2.11. The Bertz CT molecular complexity index is 697. The van der Waals surface area contributed by atoms with Crippen LogP contribution in [0.3, 0.4) is 0 Å². The average Bonchev–Trinajstić information content (AvgIpc) is 2.97. The zero-order valence-electron chi connectivity index (χ0n) is 13.4. The molecular formula is C16H18N2O6. The quantitative estimate of drug-likeness (QED) is 0.736. The summed E-state index contributed by atoms with van der Waals surface area (Å²) in [6.07, 6.45) is 0. The van der Waals surface area contributed by atoms with Crippen molar-refractivity contribution in [1.82, 2.24) is 5.16 Å². The van der Waals surface area contributed by atoms with Gasteiger partial charge in [0, 0.05) is 6.07 Å². The maximum absolute atomic E-state index is 11.6. The van der Waals surface area contributed by atoms with Crippen molar-refractivity contribution in [3.63, 3.8) is 0 Å². The van der Waals surface area contributed by atoms with Gasteiger partial charge in [0.2, 0.25) is 0 Å². The number of nitrogens with one attached hydrogen (secondary N) is 1. The van der Waals surface area contributed by atoms with Crippen LogP contribution in [0.4, 0.5) is 5.82 Å². The van der Waals surface area contributed by atoms with Gasteiger partial charge in [-0.2, -0.15) is 0 Å². The lowest BCUT2D eigenvalue weighted by molar-refractivity contribution is -0.149. The highest BCUT2D eigenvalue weighted by atomic mass is 16.6. The molecule has 0 fully saturated rings. The first-order chi connectivity index (χ1) is 11.6. The number of benzene rings is 1. The molecule has 2 aromatic rings. The number of aromatic nitrogens is 1. The van der Waals surface area contributed by atoms with Gasteiger partial charge in [-0.3, -0.25) is 4.79 Å². The maximum Gasteiger partial charge on any atom is 0.344 e. The zero-order chi connectivity index (χ0) is 17.4. The third-order valence-electron chi connectivity index (χ3n) is 2.75. The fraction of sp³-hybridized carbons (Fsp3) is 0.312. The summed E-state index contributed by atoms with van der Waals surface area (Å²) in [7, 11) is 0. The second-order valence-corrected chi connectivity index (χ2v) is 4.70. The number of rotatable bonds is 8. The van der Waals surface area contributed by atoms with E-state index in [1.807, 2.05) is 6.92 Å². The summed E-state index contributed by atoms with van der Waals surface area (Å²) < 4.78 is 20.4. The number of carbonyl (C=O) groups excluding carboxylic acids is 2. The lowest BCUT2D eigenvalue weighted by Crippen LogP contribution is -2.23. The van der Waals surface area contributed by atoms with E-state index in [0.717, 1.165) is 0 Å². The molecule has 1 aromatic heterocycles. The van der Waals surface area contributed by atoms with Crippen LogP contribution in [0.25, 0.3) is 0 Å². The van der Waals surface area contributed by atoms with Gasteiger partial charge in [0.1, 0.15) is 5.76 Å². The van der Waals surface area contributed by atoms with Gasteiger partial charge >= 0.3 is 5.97 Å².